The minimum atomic E-state index is -1.18. The van der Waals surface area contributed by atoms with Crippen molar-refractivity contribution in [1.29, 1.82) is 0 Å². The number of methoxy groups -OCH3 is 1. The number of nitrogens with zero attached hydrogens (tertiary/aromatic N) is 4. The Kier molecular flexibility index (Phi) is 6.29. The van der Waals surface area contributed by atoms with Crippen LogP contribution in [0.1, 0.15) is 50.1 Å². The molecule has 4 aliphatic rings. The van der Waals surface area contributed by atoms with Gasteiger partial charge in [0, 0.05) is 31.4 Å². The summed E-state index contributed by atoms with van der Waals surface area (Å²) < 4.78 is 42.0. The van der Waals surface area contributed by atoms with Crippen LogP contribution in [0.3, 0.4) is 0 Å². The zero-order valence-corrected chi connectivity index (χ0v) is 20.9. The fourth-order valence-corrected chi connectivity index (χ4v) is 6.95. The maximum atomic E-state index is 14.6. The molecule has 2 aliphatic heterocycles. The molecule has 2 aromatic rings. The predicted molar refractivity (Wildman–Crippen MR) is 128 cm³/mol. The molecule has 1 aromatic heterocycles. The zero-order chi connectivity index (χ0) is 25.9. The van der Waals surface area contributed by atoms with Gasteiger partial charge in [0.25, 0.3) is 0 Å². The molecule has 1 saturated heterocycles. The molecule has 200 valence electrons. The SMILES string of the molecule is CO[C@@H]1[C@@H](n2cc(-c3ccc(C)c(F)c3F)nn2)[C@@H](O)[C@@H](CO)O[C@@H]1CC1=NOC2(C1)CC1CCC2C1. The number of hydrogen-bond donors (Lipinski definition) is 2. The maximum absolute atomic E-state index is 14.6. The lowest BCUT2D eigenvalue weighted by molar-refractivity contribution is -0.210. The van der Waals surface area contributed by atoms with E-state index in [2.05, 4.69) is 15.5 Å². The second-order valence-corrected chi connectivity index (χ2v) is 11.0. The van der Waals surface area contributed by atoms with Gasteiger partial charge in [-0.15, -0.1) is 5.10 Å². The van der Waals surface area contributed by atoms with Gasteiger partial charge < -0.3 is 24.5 Å². The van der Waals surface area contributed by atoms with E-state index in [9.17, 15) is 19.0 Å². The molecule has 1 aromatic carbocycles. The largest absolute Gasteiger partial charge is 0.394 e. The number of benzene rings is 1. The molecule has 3 heterocycles. The molecule has 0 amide bonds. The Bertz CT molecular complexity index is 1210. The van der Waals surface area contributed by atoms with Crippen molar-refractivity contribution in [3.05, 3.63) is 35.5 Å². The van der Waals surface area contributed by atoms with Gasteiger partial charge in [-0.2, -0.15) is 0 Å². The summed E-state index contributed by atoms with van der Waals surface area (Å²) in [7, 11) is 1.51. The second kappa shape index (κ2) is 9.37. The first-order valence-corrected chi connectivity index (χ1v) is 12.9. The molecule has 8 atom stereocenters. The maximum Gasteiger partial charge on any atom is 0.168 e. The predicted octanol–water partition coefficient (Wildman–Crippen LogP) is 2.93. The highest BCUT2D eigenvalue weighted by Gasteiger charge is 2.56. The fourth-order valence-electron chi connectivity index (χ4n) is 6.95. The van der Waals surface area contributed by atoms with Crippen LogP contribution in [-0.2, 0) is 14.3 Å². The van der Waals surface area contributed by atoms with Crippen LogP contribution in [0.5, 0.6) is 0 Å². The van der Waals surface area contributed by atoms with E-state index in [4.69, 9.17) is 14.3 Å². The second-order valence-electron chi connectivity index (χ2n) is 11.0. The van der Waals surface area contributed by atoms with Gasteiger partial charge >= 0.3 is 0 Å². The number of aromatic nitrogens is 3. The Labute approximate surface area is 213 Å². The van der Waals surface area contributed by atoms with E-state index in [1.165, 1.54) is 56.3 Å². The molecule has 2 saturated carbocycles. The minimum absolute atomic E-state index is 0.0336. The third-order valence-corrected chi connectivity index (χ3v) is 8.82. The van der Waals surface area contributed by atoms with Crippen LogP contribution in [0.25, 0.3) is 11.3 Å². The van der Waals surface area contributed by atoms with Crippen LogP contribution in [0.15, 0.2) is 23.5 Å². The van der Waals surface area contributed by atoms with E-state index in [1.807, 2.05) is 0 Å². The van der Waals surface area contributed by atoms with Crippen molar-refractivity contribution in [3.63, 3.8) is 0 Å². The Morgan fingerprint density at radius 3 is 2.76 bits per heavy atom. The number of halogens is 2. The van der Waals surface area contributed by atoms with Gasteiger partial charge in [-0.1, -0.05) is 16.4 Å². The summed E-state index contributed by atoms with van der Waals surface area (Å²) in [5.41, 5.74) is 0.942. The van der Waals surface area contributed by atoms with Gasteiger partial charge in [-0.3, -0.25) is 0 Å². The molecule has 1 spiro atoms. The topological polar surface area (TPSA) is 111 Å². The van der Waals surface area contributed by atoms with E-state index in [-0.39, 0.29) is 22.4 Å². The molecule has 3 unspecified atom stereocenters. The highest BCUT2D eigenvalue weighted by atomic mass is 19.2. The number of fused-ring (bicyclic) bond motifs is 3. The van der Waals surface area contributed by atoms with Crippen molar-refractivity contribution in [2.24, 2.45) is 17.0 Å². The molecule has 37 heavy (non-hydrogen) atoms. The summed E-state index contributed by atoms with van der Waals surface area (Å²) in [5.74, 6) is -0.711. The number of ether oxygens (including phenoxy) is 2. The normalized spacial score (nSPS) is 36.8. The van der Waals surface area contributed by atoms with E-state index < -0.39 is 48.7 Å². The first-order valence-electron chi connectivity index (χ1n) is 12.9. The highest BCUT2D eigenvalue weighted by molar-refractivity contribution is 5.86. The summed E-state index contributed by atoms with van der Waals surface area (Å²) in [6.07, 6.45) is 3.97. The fraction of sp³-hybridized carbons (Fsp3) is 0.654. The average molecular weight is 519 g/mol. The first-order chi connectivity index (χ1) is 17.8. The molecule has 2 aliphatic carbocycles. The number of aliphatic hydroxyl groups is 2. The van der Waals surface area contributed by atoms with E-state index >= 15 is 0 Å². The van der Waals surface area contributed by atoms with Crippen LogP contribution in [0.4, 0.5) is 8.78 Å². The van der Waals surface area contributed by atoms with Gasteiger partial charge in [-0.25, -0.2) is 13.5 Å². The number of aryl methyl sites for hydroxylation is 1. The van der Waals surface area contributed by atoms with E-state index in [0.717, 1.165) is 18.6 Å². The van der Waals surface area contributed by atoms with Gasteiger partial charge in [0.2, 0.25) is 0 Å². The van der Waals surface area contributed by atoms with Gasteiger partial charge in [-0.05, 0) is 50.2 Å². The number of hydrogen-bond acceptors (Lipinski definition) is 8. The summed E-state index contributed by atoms with van der Waals surface area (Å²) >= 11 is 0. The van der Waals surface area contributed by atoms with Crippen molar-refractivity contribution >= 4 is 5.71 Å². The first kappa shape index (κ1) is 24.8. The Balaban J connectivity index is 1.25. The molecule has 11 heteroatoms. The van der Waals surface area contributed by atoms with E-state index in [0.29, 0.717) is 18.3 Å². The van der Waals surface area contributed by atoms with Crippen molar-refractivity contribution in [3.8, 4) is 11.3 Å². The van der Waals surface area contributed by atoms with Crippen LogP contribution in [0, 0.1) is 30.4 Å². The lowest BCUT2D eigenvalue weighted by atomic mass is 9.79. The van der Waals surface area contributed by atoms with Crippen molar-refractivity contribution in [1.82, 2.24) is 15.0 Å². The van der Waals surface area contributed by atoms with Gasteiger partial charge in [0.1, 0.15) is 35.6 Å². The van der Waals surface area contributed by atoms with E-state index in [1.54, 1.807) is 0 Å². The Morgan fingerprint density at radius 2 is 2.05 bits per heavy atom. The number of aliphatic hydroxyl groups excluding tert-OH is 2. The van der Waals surface area contributed by atoms with Crippen molar-refractivity contribution in [2.75, 3.05) is 13.7 Å². The summed E-state index contributed by atoms with van der Waals surface area (Å²) in [4.78, 5) is 6.02. The summed E-state index contributed by atoms with van der Waals surface area (Å²) in [6.45, 7) is 1.06. The molecule has 3 fully saturated rings. The van der Waals surface area contributed by atoms with Gasteiger partial charge in [0.15, 0.2) is 11.6 Å². The lowest BCUT2D eigenvalue weighted by Gasteiger charge is -2.43. The van der Waals surface area contributed by atoms with Crippen LogP contribution in [0.2, 0.25) is 0 Å². The third-order valence-electron chi connectivity index (χ3n) is 8.82. The lowest BCUT2D eigenvalue weighted by Crippen LogP contribution is -2.57. The molecule has 9 nitrogen and oxygen atoms in total. The summed E-state index contributed by atoms with van der Waals surface area (Å²) in [5, 5.41) is 33.6. The smallest absolute Gasteiger partial charge is 0.168 e. The van der Waals surface area contributed by atoms with Crippen molar-refractivity contribution < 1.29 is 33.3 Å². The minimum Gasteiger partial charge on any atom is -0.394 e. The number of oxime groups is 1. The monoisotopic (exact) mass is 518 g/mol. The molecular weight excluding hydrogens is 486 g/mol. The highest BCUT2D eigenvalue weighted by Crippen LogP contribution is 2.56. The molecule has 2 N–H and O–H groups in total. The Morgan fingerprint density at radius 1 is 1.22 bits per heavy atom. The third kappa shape index (κ3) is 4.07. The molecule has 2 bridgehead atoms. The molecule has 6 rings (SSSR count). The van der Waals surface area contributed by atoms with Crippen LogP contribution >= 0.6 is 0 Å². The average Bonchev–Trinajstić information content (AvgIpc) is 3.69. The quantitative estimate of drug-likeness (QED) is 0.605. The van der Waals surface area contributed by atoms with Crippen LogP contribution < -0.4 is 0 Å². The van der Waals surface area contributed by atoms with Crippen molar-refractivity contribution in [2.45, 2.75) is 81.5 Å². The molecular formula is C26H32F2N4O5. The zero-order valence-electron chi connectivity index (χ0n) is 20.9. The Hall–Kier alpha value is -2.47. The van der Waals surface area contributed by atoms with Gasteiger partial charge in [0.05, 0.1) is 24.6 Å². The summed E-state index contributed by atoms with van der Waals surface area (Å²) in [6, 6.07) is 2.12. The number of rotatable bonds is 6. The molecule has 0 radical (unpaired) electrons. The standard InChI is InChI=1S/C26H32F2N4O5/c1-13-3-6-17(22(28)21(13)27)18-11-32(31-29-18)23-24(34)20(12-33)36-19(25(23)35-2)8-16-10-26(37-30-16)9-14-4-5-15(26)7-14/h3,6,11,14-15,19-20,23-25,33-34H,4-5,7-10,12H2,1-2H3/t14?,15?,19-,20-,23+,24+,25+,26?/m1/s1. The van der Waals surface area contributed by atoms with Crippen LogP contribution in [-0.4, -0.2) is 74.7 Å².